The minimum absolute atomic E-state index is 0.199. The lowest BCUT2D eigenvalue weighted by Gasteiger charge is -2.32. The fourth-order valence-electron chi connectivity index (χ4n) is 7.88. The summed E-state index contributed by atoms with van der Waals surface area (Å²) in [6, 6.07) is 25.6. The maximum atomic E-state index is 4.84. The van der Waals surface area contributed by atoms with Gasteiger partial charge in [-0.3, -0.25) is 29.9 Å². The monoisotopic (exact) mass is 686 g/mol. The minimum Gasteiger partial charge on any atom is -0.330 e. The van der Waals surface area contributed by atoms with Crippen LogP contribution < -0.4 is 0 Å². The van der Waals surface area contributed by atoms with Crippen molar-refractivity contribution in [1.82, 2.24) is 39.0 Å². The Labute approximate surface area is 305 Å². The maximum absolute atomic E-state index is 4.84. The van der Waals surface area contributed by atoms with Crippen molar-refractivity contribution in [3.8, 4) is 16.8 Å². The molecule has 8 heterocycles. The highest BCUT2D eigenvalue weighted by Gasteiger charge is 2.28. The van der Waals surface area contributed by atoms with Gasteiger partial charge in [-0.05, 0) is 73.0 Å². The zero-order valence-electron chi connectivity index (χ0n) is 29.1. The Kier molecular flexibility index (Phi) is 7.28. The van der Waals surface area contributed by atoms with E-state index in [1.54, 1.807) is 0 Å². The summed E-state index contributed by atoms with van der Waals surface area (Å²) in [7, 11) is 0. The van der Waals surface area contributed by atoms with Gasteiger partial charge in [0.05, 0.1) is 27.6 Å². The highest BCUT2D eigenvalue weighted by atomic mass is 15.1. The van der Waals surface area contributed by atoms with E-state index in [1.807, 2.05) is 62.0 Å². The summed E-state index contributed by atoms with van der Waals surface area (Å²) in [5.74, 6) is 0. The molecule has 1 unspecified atom stereocenters. The van der Waals surface area contributed by atoms with Crippen molar-refractivity contribution >= 4 is 43.6 Å². The van der Waals surface area contributed by atoms with Crippen LogP contribution in [-0.2, 0) is 18.4 Å². The number of fused-ring (bicyclic) bond motifs is 6. The van der Waals surface area contributed by atoms with Crippen molar-refractivity contribution < 1.29 is 0 Å². The number of rotatable bonds is 7. The second kappa shape index (κ2) is 12.5. The Morgan fingerprint density at radius 2 is 1.06 bits per heavy atom. The predicted molar refractivity (Wildman–Crippen MR) is 211 cm³/mol. The Hall–Kier alpha value is -6.80. The summed E-state index contributed by atoms with van der Waals surface area (Å²) < 4.78 is 4.70. The van der Waals surface area contributed by atoms with Gasteiger partial charge < -0.3 is 9.13 Å². The molecule has 0 saturated carbocycles. The van der Waals surface area contributed by atoms with E-state index in [2.05, 4.69) is 127 Å². The third-order valence-electron chi connectivity index (χ3n) is 10.6. The zero-order chi connectivity index (χ0) is 35.4. The van der Waals surface area contributed by atoms with Gasteiger partial charge >= 0.3 is 0 Å². The van der Waals surface area contributed by atoms with Crippen molar-refractivity contribution in [3.05, 3.63) is 176 Å². The molecule has 0 aliphatic heterocycles. The summed E-state index contributed by atoms with van der Waals surface area (Å²) in [5.41, 5.74) is 12.2. The largest absolute Gasteiger partial charge is 0.330 e. The van der Waals surface area contributed by atoms with Crippen LogP contribution in [0.4, 0.5) is 0 Å². The third-order valence-corrected chi connectivity index (χ3v) is 10.6. The van der Waals surface area contributed by atoms with Crippen molar-refractivity contribution in [2.45, 2.75) is 31.7 Å². The molecule has 8 aromatic heterocycles. The molecule has 0 radical (unpaired) electrons. The third kappa shape index (κ3) is 5.38. The topological polar surface area (TPSA) is 87.2 Å². The molecule has 0 N–H and O–H groups in total. The van der Waals surface area contributed by atoms with E-state index < -0.39 is 0 Å². The second-order valence-corrected chi connectivity index (χ2v) is 14.0. The van der Waals surface area contributed by atoms with E-state index >= 15 is 0 Å². The first-order valence-electron chi connectivity index (χ1n) is 17.9. The average Bonchev–Trinajstić information content (AvgIpc) is 3.74. The zero-order valence-corrected chi connectivity index (χ0v) is 29.1. The summed E-state index contributed by atoms with van der Waals surface area (Å²) in [6.07, 6.45) is 28.4. The lowest BCUT2D eigenvalue weighted by Crippen LogP contribution is -2.28. The molecule has 8 heteroatoms. The van der Waals surface area contributed by atoms with Crippen LogP contribution in [0.5, 0.6) is 0 Å². The Bertz CT molecular complexity index is 2760. The van der Waals surface area contributed by atoms with E-state index in [0.29, 0.717) is 0 Å². The van der Waals surface area contributed by atoms with Gasteiger partial charge in [-0.1, -0.05) is 42.5 Å². The molecule has 53 heavy (non-hydrogen) atoms. The van der Waals surface area contributed by atoms with Crippen LogP contribution in [0.25, 0.3) is 60.4 Å². The van der Waals surface area contributed by atoms with E-state index in [4.69, 9.17) is 9.97 Å². The van der Waals surface area contributed by atoms with Gasteiger partial charge in [0.15, 0.2) is 0 Å². The molecule has 10 rings (SSSR count). The SMILES string of the molecule is CC1(n2c3ccncc3c3cnccc32)C=CC(Cc2ccc(-c3ccc(Cc4ccc(-n5c6ccncc6c6cnccc65)cc4)nc3)cn2)=CC1. The van der Waals surface area contributed by atoms with Crippen molar-refractivity contribution in [2.24, 2.45) is 0 Å². The van der Waals surface area contributed by atoms with Crippen LogP contribution in [0, 0.1) is 0 Å². The molecule has 1 aliphatic rings. The number of pyridine rings is 6. The number of aromatic nitrogens is 8. The van der Waals surface area contributed by atoms with Crippen LogP contribution in [0.2, 0.25) is 0 Å². The number of allylic oxidation sites excluding steroid dienone is 4. The molecule has 0 amide bonds. The minimum atomic E-state index is -0.199. The first-order chi connectivity index (χ1) is 26.1. The molecule has 9 aromatic rings. The smallest absolute Gasteiger partial charge is 0.0643 e. The fourth-order valence-corrected chi connectivity index (χ4v) is 7.88. The van der Waals surface area contributed by atoms with Crippen molar-refractivity contribution in [3.63, 3.8) is 0 Å². The molecule has 1 atom stereocenters. The average molecular weight is 687 g/mol. The summed E-state index contributed by atoms with van der Waals surface area (Å²) in [5, 5.41) is 4.47. The fraction of sp³-hybridized carbons (Fsp3) is 0.111. The van der Waals surface area contributed by atoms with Crippen LogP contribution in [0.3, 0.4) is 0 Å². The quantitative estimate of drug-likeness (QED) is 0.166. The molecule has 8 nitrogen and oxygen atoms in total. The van der Waals surface area contributed by atoms with Crippen LogP contribution in [0.15, 0.2) is 159 Å². The lowest BCUT2D eigenvalue weighted by molar-refractivity contribution is 0.435. The van der Waals surface area contributed by atoms with E-state index in [0.717, 1.165) is 80.0 Å². The Morgan fingerprint density at radius 3 is 1.55 bits per heavy atom. The summed E-state index contributed by atoms with van der Waals surface area (Å²) in [6.45, 7) is 2.29. The molecule has 1 aromatic carbocycles. The van der Waals surface area contributed by atoms with Gasteiger partial charge in [0.1, 0.15) is 0 Å². The Morgan fingerprint density at radius 1 is 0.547 bits per heavy atom. The Balaban J connectivity index is 0.811. The molecular formula is C45H34N8. The predicted octanol–water partition coefficient (Wildman–Crippen LogP) is 9.36. The number of hydrogen-bond acceptors (Lipinski definition) is 6. The first-order valence-corrected chi connectivity index (χ1v) is 17.9. The molecule has 0 spiro atoms. The molecular weight excluding hydrogens is 653 g/mol. The highest BCUT2D eigenvalue weighted by Crippen LogP contribution is 2.38. The maximum Gasteiger partial charge on any atom is 0.0643 e. The molecule has 0 bridgehead atoms. The first kappa shape index (κ1) is 31.0. The molecule has 254 valence electrons. The van der Waals surface area contributed by atoms with Crippen LogP contribution >= 0.6 is 0 Å². The summed E-state index contributed by atoms with van der Waals surface area (Å²) >= 11 is 0. The molecule has 0 fully saturated rings. The van der Waals surface area contributed by atoms with Gasteiger partial charge in [0.2, 0.25) is 0 Å². The van der Waals surface area contributed by atoms with Gasteiger partial charge in [0, 0.05) is 125 Å². The normalized spacial score (nSPS) is 15.8. The van der Waals surface area contributed by atoms with Crippen molar-refractivity contribution in [1.29, 1.82) is 0 Å². The second-order valence-electron chi connectivity index (χ2n) is 14.0. The van der Waals surface area contributed by atoms with Crippen LogP contribution in [0.1, 0.15) is 30.3 Å². The van der Waals surface area contributed by atoms with Crippen molar-refractivity contribution in [2.75, 3.05) is 0 Å². The number of nitrogens with zero attached hydrogens (tertiary/aromatic N) is 8. The van der Waals surface area contributed by atoms with Gasteiger partial charge in [-0.15, -0.1) is 0 Å². The molecule has 1 aliphatic carbocycles. The lowest BCUT2D eigenvalue weighted by atomic mass is 9.88. The van der Waals surface area contributed by atoms with Gasteiger partial charge in [0.25, 0.3) is 0 Å². The van der Waals surface area contributed by atoms with E-state index in [-0.39, 0.29) is 5.54 Å². The number of hydrogen-bond donors (Lipinski definition) is 0. The van der Waals surface area contributed by atoms with Gasteiger partial charge in [-0.25, -0.2) is 0 Å². The van der Waals surface area contributed by atoms with Gasteiger partial charge in [-0.2, -0.15) is 0 Å². The number of benzene rings is 1. The standard InChI is InChI=1S/C45H34N8/c1-45(53-43-14-20-48-28-39(43)40-29-49-21-15-44(40)53)16-10-31(11-17-45)23-35-7-5-33(25-51-35)32-4-6-34(50-24-32)22-30-2-8-36(9-3-30)52-41-12-18-46-26-37(41)38-27-47-19-13-42(38)52/h2-16,18-21,24-29H,17,22-23H2,1H3. The van der Waals surface area contributed by atoms with Crippen LogP contribution in [-0.4, -0.2) is 39.0 Å². The van der Waals surface area contributed by atoms with E-state index in [9.17, 15) is 0 Å². The molecule has 0 saturated heterocycles. The summed E-state index contributed by atoms with van der Waals surface area (Å²) in [4.78, 5) is 27.1. The van der Waals surface area contributed by atoms with E-state index in [1.165, 1.54) is 22.2 Å². The highest BCUT2D eigenvalue weighted by molar-refractivity contribution is 6.09.